The third-order valence-electron chi connectivity index (χ3n) is 3.61. The van der Waals surface area contributed by atoms with Crippen LogP contribution in [-0.2, 0) is 9.47 Å². The molecule has 1 fully saturated rings. The topological polar surface area (TPSA) is 33.7 Å². The van der Waals surface area contributed by atoms with Gasteiger partial charge >= 0.3 is 0 Å². The molecule has 1 N–H and O–H groups in total. The molecule has 1 aliphatic heterocycles. The number of nitrogens with zero attached hydrogens (tertiary/aromatic N) is 1. The highest BCUT2D eigenvalue weighted by Gasteiger charge is 2.27. The summed E-state index contributed by atoms with van der Waals surface area (Å²) in [6, 6.07) is 0.590. The number of hydrogen-bond acceptors (Lipinski definition) is 4. The molecule has 18 heavy (non-hydrogen) atoms. The zero-order valence-electron chi connectivity index (χ0n) is 12.3. The first-order chi connectivity index (χ1) is 8.75. The van der Waals surface area contributed by atoms with Gasteiger partial charge in [0, 0.05) is 38.9 Å². The Morgan fingerprint density at radius 2 is 2.17 bits per heavy atom. The van der Waals surface area contributed by atoms with Crippen molar-refractivity contribution in [2.45, 2.75) is 45.3 Å². The molecule has 2 unspecified atom stereocenters. The Hall–Kier alpha value is -0.160. The van der Waals surface area contributed by atoms with E-state index in [2.05, 4.69) is 31.1 Å². The zero-order chi connectivity index (χ0) is 13.2. The highest BCUT2D eigenvalue weighted by Crippen LogP contribution is 2.17. The Kier molecular flexibility index (Phi) is 8.59. The van der Waals surface area contributed by atoms with Gasteiger partial charge in [0.25, 0.3) is 0 Å². The average Bonchev–Trinajstić information content (AvgIpc) is 2.79. The van der Waals surface area contributed by atoms with Gasteiger partial charge in [0.05, 0.1) is 12.7 Å². The molecular weight excluding hydrogens is 228 g/mol. The highest BCUT2D eigenvalue weighted by molar-refractivity contribution is 4.80. The Morgan fingerprint density at radius 1 is 1.33 bits per heavy atom. The van der Waals surface area contributed by atoms with Gasteiger partial charge in [0.2, 0.25) is 0 Å². The Morgan fingerprint density at radius 3 is 2.83 bits per heavy atom. The van der Waals surface area contributed by atoms with Gasteiger partial charge < -0.3 is 14.8 Å². The van der Waals surface area contributed by atoms with E-state index in [1.165, 1.54) is 12.8 Å². The summed E-state index contributed by atoms with van der Waals surface area (Å²) in [5.41, 5.74) is 0. The number of unbranched alkanes of at least 4 members (excludes halogenated alkanes) is 1. The van der Waals surface area contributed by atoms with Crippen LogP contribution >= 0.6 is 0 Å². The highest BCUT2D eigenvalue weighted by atomic mass is 16.5. The van der Waals surface area contributed by atoms with Crippen molar-refractivity contribution in [2.75, 3.05) is 46.5 Å². The lowest BCUT2D eigenvalue weighted by Crippen LogP contribution is -2.41. The van der Waals surface area contributed by atoms with E-state index in [-0.39, 0.29) is 0 Å². The average molecular weight is 258 g/mol. The van der Waals surface area contributed by atoms with Gasteiger partial charge in [0.15, 0.2) is 0 Å². The maximum Gasteiger partial charge on any atom is 0.0702 e. The number of ether oxygens (including phenoxy) is 2. The lowest BCUT2D eigenvalue weighted by molar-refractivity contribution is 0.0834. The second kappa shape index (κ2) is 9.73. The van der Waals surface area contributed by atoms with E-state index >= 15 is 0 Å². The minimum Gasteiger partial charge on any atom is -0.380 e. The van der Waals surface area contributed by atoms with Gasteiger partial charge in [-0.25, -0.2) is 0 Å². The summed E-state index contributed by atoms with van der Waals surface area (Å²) in [5.74, 6) is 0. The third-order valence-corrected chi connectivity index (χ3v) is 3.61. The minimum absolute atomic E-state index is 0.382. The molecule has 108 valence electrons. The molecule has 1 rings (SSSR count). The predicted octanol–water partition coefficient (Wildman–Crippen LogP) is 1.50. The Labute approximate surface area is 112 Å². The van der Waals surface area contributed by atoms with Crippen LogP contribution in [0.25, 0.3) is 0 Å². The molecule has 1 aliphatic rings. The molecule has 0 spiro atoms. The first-order valence-electron chi connectivity index (χ1n) is 7.36. The molecule has 4 heteroatoms. The normalized spacial score (nSPS) is 24.0. The first kappa shape index (κ1) is 15.9. The van der Waals surface area contributed by atoms with Gasteiger partial charge in [-0.3, -0.25) is 4.90 Å². The first-order valence-corrected chi connectivity index (χ1v) is 7.36. The fourth-order valence-electron chi connectivity index (χ4n) is 2.34. The smallest absolute Gasteiger partial charge is 0.0702 e. The van der Waals surface area contributed by atoms with Crippen molar-refractivity contribution >= 4 is 0 Å². The zero-order valence-corrected chi connectivity index (χ0v) is 12.3. The summed E-state index contributed by atoms with van der Waals surface area (Å²) in [6.07, 6.45) is 3.92. The van der Waals surface area contributed by atoms with E-state index in [1.807, 2.05) is 0 Å². The van der Waals surface area contributed by atoms with Crippen LogP contribution in [0.15, 0.2) is 0 Å². The fraction of sp³-hybridized carbons (Fsp3) is 1.00. The largest absolute Gasteiger partial charge is 0.380 e. The molecule has 4 nitrogen and oxygen atoms in total. The molecule has 0 amide bonds. The third kappa shape index (κ3) is 6.14. The maximum absolute atomic E-state index is 5.59. The van der Waals surface area contributed by atoms with Crippen molar-refractivity contribution < 1.29 is 9.47 Å². The molecule has 1 saturated heterocycles. The lowest BCUT2D eigenvalue weighted by Gasteiger charge is -2.26. The second-order valence-electron chi connectivity index (χ2n) is 5.13. The molecular formula is C14H30N2O2. The number of nitrogens with one attached hydrogen (secondary N) is 1. The van der Waals surface area contributed by atoms with E-state index in [4.69, 9.17) is 9.47 Å². The molecule has 0 radical (unpaired) electrons. The lowest BCUT2D eigenvalue weighted by atomic mass is 10.1. The monoisotopic (exact) mass is 258 g/mol. The van der Waals surface area contributed by atoms with Gasteiger partial charge in [-0.2, -0.15) is 0 Å². The van der Waals surface area contributed by atoms with Crippen LogP contribution in [0.3, 0.4) is 0 Å². The van der Waals surface area contributed by atoms with Crippen LogP contribution in [0.2, 0.25) is 0 Å². The van der Waals surface area contributed by atoms with Crippen molar-refractivity contribution in [1.29, 1.82) is 0 Å². The van der Waals surface area contributed by atoms with Crippen molar-refractivity contribution in [3.63, 3.8) is 0 Å². The van der Waals surface area contributed by atoms with Crippen molar-refractivity contribution in [2.24, 2.45) is 0 Å². The van der Waals surface area contributed by atoms with Gasteiger partial charge in [-0.05, 0) is 26.8 Å². The van der Waals surface area contributed by atoms with Crippen molar-refractivity contribution in [3.8, 4) is 0 Å². The van der Waals surface area contributed by atoms with Gasteiger partial charge in [0.1, 0.15) is 0 Å². The van der Waals surface area contributed by atoms with Crippen molar-refractivity contribution in [3.05, 3.63) is 0 Å². The second-order valence-corrected chi connectivity index (χ2v) is 5.13. The molecule has 2 atom stereocenters. The quantitative estimate of drug-likeness (QED) is 0.602. The van der Waals surface area contributed by atoms with Crippen LogP contribution in [-0.4, -0.2) is 63.5 Å². The van der Waals surface area contributed by atoms with E-state index in [0.29, 0.717) is 12.1 Å². The SMILES string of the molecule is CCCCOCCNCCN(C)C1CCOC1C. The fourth-order valence-corrected chi connectivity index (χ4v) is 2.34. The summed E-state index contributed by atoms with van der Waals surface area (Å²) in [7, 11) is 2.19. The number of rotatable bonds is 10. The van der Waals surface area contributed by atoms with Crippen LogP contribution in [0, 0.1) is 0 Å². The Bertz CT molecular complexity index is 202. The summed E-state index contributed by atoms with van der Waals surface area (Å²) >= 11 is 0. The number of likely N-dealkylation sites (N-methyl/N-ethyl adjacent to an activating group) is 1. The maximum atomic E-state index is 5.59. The van der Waals surface area contributed by atoms with E-state index in [1.54, 1.807) is 0 Å². The van der Waals surface area contributed by atoms with E-state index in [0.717, 1.165) is 45.9 Å². The minimum atomic E-state index is 0.382. The predicted molar refractivity (Wildman–Crippen MR) is 75.0 cm³/mol. The van der Waals surface area contributed by atoms with Crippen LogP contribution < -0.4 is 5.32 Å². The van der Waals surface area contributed by atoms with Gasteiger partial charge in [-0.1, -0.05) is 13.3 Å². The standard InChI is InChI=1S/C14H30N2O2/c1-4-5-10-17-12-8-15-7-9-16(3)14-6-11-18-13(14)2/h13-15H,4-12H2,1-3H3. The summed E-state index contributed by atoms with van der Waals surface area (Å²) in [6.45, 7) is 10.0. The van der Waals surface area contributed by atoms with E-state index in [9.17, 15) is 0 Å². The van der Waals surface area contributed by atoms with Gasteiger partial charge in [-0.15, -0.1) is 0 Å². The molecule has 0 aromatic heterocycles. The molecule has 0 aromatic rings. The molecule has 0 aliphatic carbocycles. The summed E-state index contributed by atoms with van der Waals surface area (Å²) < 4.78 is 11.1. The van der Waals surface area contributed by atoms with Crippen molar-refractivity contribution in [1.82, 2.24) is 10.2 Å². The van der Waals surface area contributed by atoms with Crippen LogP contribution in [0.4, 0.5) is 0 Å². The molecule has 0 aromatic carbocycles. The Balaban J connectivity index is 1.91. The summed E-state index contributed by atoms with van der Waals surface area (Å²) in [5, 5.41) is 3.42. The summed E-state index contributed by atoms with van der Waals surface area (Å²) in [4.78, 5) is 2.41. The number of hydrogen-bond donors (Lipinski definition) is 1. The van der Waals surface area contributed by atoms with Crippen LogP contribution in [0.5, 0.6) is 0 Å². The molecule has 0 saturated carbocycles. The molecule has 1 heterocycles. The molecule has 0 bridgehead atoms. The van der Waals surface area contributed by atoms with Crippen LogP contribution in [0.1, 0.15) is 33.1 Å². The van der Waals surface area contributed by atoms with E-state index < -0.39 is 0 Å².